The van der Waals surface area contributed by atoms with Crippen LogP contribution in [-0.2, 0) is 24.4 Å². The minimum absolute atomic E-state index is 0.0424. The van der Waals surface area contributed by atoms with Crippen molar-refractivity contribution in [2.24, 2.45) is 17.3 Å². The summed E-state index contributed by atoms with van der Waals surface area (Å²) in [6.45, 7) is 10.9. The smallest absolute Gasteiger partial charge is 0.227 e. The molecule has 9 nitrogen and oxygen atoms in total. The number of carbonyl (C=O) groups is 3. The Morgan fingerprint density at radius 3 is 2.32 bits per heavy atom. The summed E-state index contributed by atoms with van der Waals surface area (Å²) >= 11 is 0. The predicted octanol–water partition coefficient (Wildman–Crippen LogP) is 4.56. The average Bonchev–Trinajstić information content (AvgIpc) is 3.18. The fraction of sp³-hybridized carbons (Fsp3) is 0.903. The van der Waals surface area contributed by atoms with E-state index in [2.05, 4.69) is 41.4 Å². The minimum atomic E-state index is -3.50. The molecule has 0 saturated carbocycles. The average molecular weight is 599 g/mol. The predicted molar refractivity (Wildman–Crippen MR) is 165 cm³/mol. The van der Waals surface area contributed by atoms with E-state index >= 15 is 0 Å². The van der Waals surface area contributed by atoms with Gasteiger partial charge in [-0.2, -0.15) is 0 Å². The molecule has 2 fully saturated rings. The molecule has 238 valence electrons. The Balaban J connectivity index is 1.97. The maximum absolute atomic E-state index is 13.3. The van der Waals surface area contributed by atoms with E-state index in [1.165, 1.54) is 25.7 Å². The Morgan fingerprint density at radius 2 is 1.66 bits per heavy atom. The Bertz CT molecular complexity index is 937. The summed E-state index contributed by atoms with van der Waals surface area (Å²) in [7, 11) is -3.50. The quantitative estimate of drug-likeness (QED) is 0.182. The Morgan fingerprint density at radius 1 is 1.00 bits per heavy atom. The maximum Gasteiger partial charge on any atom is 0.227 e. The van der Waals surface area contributed by atoms with E-state index in [1.807, 2.05) is 13.8 Å². The number of nitrogens with one attached hydrogen (secondary N) is 4. The van der Waals surface area contributed by atoms with Crippen LogP contribution in [0.25, 0.3) is 0 Å². The van der Waals surface area contributed by atoms with E-state index < -0.39 is 39.5 Å². The van der Waals surface area contributed by atoms with Gasteiger partial charge in [0.1, 0.15) is 0 Å². The lowest BCUT2D eigenvalue weighted by Crippen LogP contribution is -2.56. The van der Waals surface area contributed by atoms with Crippen molar-refractivity contribution in [3.05, 3.63) is 0 Å². The number of rotatable bonds is 17. The standard InChI is InChI=1S/C31H58N4O5S/c1-6-7-8-9-10-11-12-13-21-41(39,40)35-24-16-17-26(33-27(36)22-24)28-25(15-14-20-32-29(28)37)34-30(38)31(4,5)19-18-23(2)3/h23-26,28,35H,6-22H2,1-5H3,(H,32,37)(H,33,36)(H,34,38)/t24-,25-,26?,28?/m0/s1. The molecule has 10 heteroatoms. The summed E-state index contributed by atoms with van der Waals surface area (Å²) in [5.74, 6) is -0.577. The van der Waals surface area contributed by atoms with E-state index in [0.717, 1.165) is 38.5 Å². The first-order valence-electron chi connectivity index (χ1n) is 16.2. The molecule has 2 aliphatic rings. The summed E-state index contributed by atoms with van der Waals surface area (Å²) < 4.78 is 28.3. The van der Waals surface area contributed by atoms with E-state index in [4.69, 9.17) is 0 Å². The molecular weight excluding hydrogens is 540 g/mol. The van der Waals surface area contributed by atoms with Crippen LogP contribution in [0.4, 0.5) is 0 Å². The third-order valence-electron chi connectivity index (χ3n) is 8.66. The molecular formula is C31H58N4O5S. The molecule has 0 aromatic rings. The van der Waals surface area contributed by atoms with Crippen molar-refractivity contribution in [3.63, 3.8) is 0 Å². The summed E-state index contributed by atoms with van der Waals surface area (Å²) in [5, 5.41) is 9.12. The third kappa shape index (κ3) is 13.0. The molecule has 0 aromatic heterocycles. The highest BCUT2D eigenvalue weighted by atomic mass is 32.2. The number of unbranched alkanes of at least 4 members (excludes halogenated alkanes) is 7. The van der Waals surface area contributed by atoms with Gasteiger partial charge in [0.05, 0.1) is 11.7 Å². The lowest BCUT2D eigenvalue weighted by Gasteiger charge is -2.34. The van der Waals surface area contributed by atoms with Crippen LogP contribution in [0.15, 0.2) is 0 Å². The van der Waals surface area contributed by atoms with Crippen molar-refractivity contribution in [2.45, 2.75) is 149 Å². The largest absolute Gasteiger partial charge is 0.356 e. The number of amides is 3. The fourth-order valence-corrected chi connectivity index (χ4v) is 7.33. The number of hydrogen-bond donors (Lipinski definition) is 4. The van der Waals surface area contributed by atoms with Gasteiger partial charge in [-0.25, -0.2) is 13.1 Å². The zero-order chi connectivity index (χ0) is 30.5. The van der Waals surface area contributed by atoms with E-state index in [0.29, 0.717) is 38.1 Å². The summed E-state index contributed by atoms with van der Waals surface area (Å²) in [4.78, 5) is 39.4. The lowest BCUT2D eigenvalue weighted by molar-refractivity contribution is -0.132. The zero-order valence-corrected chi connectivity index (χ0v) is 27.2. The first kappa shape index (κ1) is 35.5. The van der Waals surface area contributed by atoms with Crippen LogP contribution in [-0.4, -0.2) is 56.6 Å². The van der Waals surface area contributed by atoms with Crippen LogP contribution in [0.2, 0.25) is 0 Å². The highest BCUT2D eigenvalue weighted by molar-refractivity contribution is 7.89. The Kier molecular flexibility index (Phi) is 15.1. The van der Waals surface area contributed by atoms with Crippen molar-refractivity contribution in [3.8, 4) is 0 Å². The molecule has 0 spiro atoms. The van der Waals surface area contributed by atoms with Gasteiger partial charge in [-0.05, 0) is 50.9 Å². The van der Waals surface area contributed by atoms with Crippen LogP contribution in [0.3, 0.4) is 0 Å². The van der Waals surface area contributed by atoms with E-state index in [1.54, 1.807) is 0 Å². The second-order valence-corrected chi connectivity index (χ2v) is 15.3. The lowest BCUT2D eigenvalue weighted by atomic mass is 9.82. The van der Waals surface area contributed by atoms with E-state index in [9.17, 15) is 22.8 Å². The molecule has 2 heterocycles. The molecule has 3 amide bonds. The van der Waals surface area contributed by atoms with Crippen LogP contribution >= 0.6 is 0 Å². The molecule has 2 unspecified atom stereocenters. The van der Waals surface area contributed by atoms with E-state index in [-0.39, 0.29) is 29.9 Å². The third-order valence-corrected chi connectivity index (χ3v) is 10.2. The highest BCUT2D eigenvalue weighted by Gasteiger charge is 2.41. The van der Waals surface area contributed by atoms with Crippen molar-refractivity contribution in [1.82, 2.24) is 20.7 Å². The molecule has 0 aliphatic carbocycles. The number of sulfonamides is 1. The Labute approximate surface area is 249 Å². The van der Waals surface area contributed by atoms with Gasteiger partial charge in [0.15, 0.2) is 0 Å². The van der Waals surface area contributed by atoms with Crippen molar-refractivity contribution < 1.29 is 22.8 Å². The zero-order valence-electron chi connectivity index (χ0n) is 26.4. The molecule has 0 aromatic carbocycles. The normalized spacial score (nSPS) is 24.3. The van der Waals surface area contributed by atoms with Gasteiger partial charge in [0, 0.05) is 36.5 Å². The Hall–Kier alpha value is -1.68. The van der Waals surface area contributed by atoms with Gasteiger partial charge >= 0.3 is 0 Å². The van der Waals surface area contributed by atoms with Gasteiger partial charge < -0.3 is 16.0 Å². The van der Waals surface area contributed by atoms with Crippen LogP contribution in [0.5, 0.6) is 0 Å². The molecule has 4 N–H and O–H groups in total. The van der Waals surface area contributed by atoms with Gasteiger partial charge in [0.25, 0.3) is 0 Å². The second kappa shape index (κ2) is 17.4. The number of hydrogen-bond acceptors (Lipinski definition) is 5. The van der Waals surface area contributed by atoms with Crippen LogP contribution in [0, 0.1) is 17.3 Å². The molecule has 2 saturated heterocycles. The van der Waals surface area contributed by atoms with Crippen LogP contribution < -0.4 is 20.7 Å². The van der Waals surface area contributed by atoms with Crippen molar-refractivity contribution in [2.75, 3.05) is 12.3 Å². The summed E-state index contributed by atoms with van der Waals surface area (Å²) in [6, 6.07) is -1.38. The maximum atomic E-state index is 13.3. The first-order chi connectivity index (χ1) is 19.3. The number of carbonyl (C=O) groups excluding carboxylic acids is 3. The summed E-state index contributed by atoms with van der Waals surface area (Å²) in [5.41, 5.74) is -0.567. The molecule has 2 aliphatic heterocycles. The minimum Gasteiger partial charge on any atom is -0.356 e. The van der Waals surface area contributed by atoms with Gasteiger partial charge in [-0.3, -0.25) is 14.4 Å². The highest BCUT2D eigenvalue weighted by Crippen LogP contribution is 2.28. The fourth-order valence-electron chi connectivity index (χ4n) is 5.92. The second-order valence-electron chi connectivity index (χ2n) is 13.4. The molecule has 0 radical (unpaired) electrons. The molecule has 2 rings (SSSR count). The first-order valence-corrected chi connectivity index (χ1v) is 17.9. The van der Waals surface area contributed by atoms with Gasteiger partial charge in [0.2, 0.25) is 27.7 Å². The molecule has 0 bridgehead atoms. The van der Waals surface area contributed by atoms with Gasteiger partial charge in [-0.1, -0.05) is 79.6 Å². The van der Waals surface area contributed by atoms with Crippen molar-refractivity contribution in [1.29, 1.82) is 0 Å². The van der Waals surface area contributed by atoms with Gasteiger partial charge in [-0.15, -0.1) is 0 Å². The monoisotopic (exact) mass is 598 g/mol. The molecule has 4 atom stereocenters. The summed E-state index contributed by atoms with van der Waals surface area (Å²) in [6.07, 6.45) is 12.6. The molecule has 41 heavy (non-hydrogen) atoms. The van der Waals surface area contributed by atoms with Crippen LogP contribution in [0.1, 0.15) is 131 Å². The van der Waals surface area contributed by atoms with Crippen molar-refractivity contribution >= 4 is 27.7 Å². The SMILES string of the molecule is CCCCCCCCCCS(=O)(=O)N[C@H]1CCC(C2C(=O)NCCC[C@@H]2NC(=O)C(C)(C)CCC(C)C)NC(=O)C1. The topological polar surface area (TPSA) is 133 Å².